The molecule has 17 heavy (non-hydrogen) atoms. The van der Waals surface area contributed by atoms with Crippen molar-refractivity contribution < 1.29 is 17.8 Å². The molecule has 0 bridgehead atoms. The van der Waals surface area contributed by atoms with Gasteiger partial charge in [-0.1, -0.05) is 20.8 Å². The van der Waals surface area contributed by atoms with Crippen LogP contribution in [0, 0.1) is 11.8 Å². The SMILES string of the molecule is CC(C)[C@H](C)C(=O)NC1CCC(S(=O)(=O)O)C1. The zero-order valence-electron chi connectivity index (χ0n) is 10.5. The second-order valence-corrected chi connectivity index (χ2v) is 6.88. The minimum absolute atomic E-state index is 0.0408. The van der Waals surface area contributed by atoms with Crippen LogP contribution in [0.25, 0.3) is 0 Å². The molecule has 0 saturated heterocycles. The summed E-state index contributed by atoms with van der Waals surface area (Å²) >= 11 is 0. The monoisotopic (exact) mass is 263 g/mol. The maximum Gasteiger partial charge on any atom is 0.267 e. The lowest BCUT2D eigenvalue weighted by Crippen LogP contribution is -2.38. The maximum atomic E-state index is 11.8. The van der Waals surface area contributed by atoms with Gasteiger partial charge in [-0.3, -0.25) is 9.35 Å². The van der Waals surface area contributed by atoms with Gasteiger partial charge in [-0.15, -0.1) is 0 Å². The predicted molar refractivity (Wildman–Crippen MR) is 65.1 cm³/mol. The van der Waals surface area contributed by atoms with Gasteiger partial charge in [0.25, 0.3) is 10.1 Å². The van der Waals surface area contributed by atoms with Crippen LogP contribution in [0.3, 0.4) is 0 Å². The molecular weight excluding hydrogens is 242 g/mol. The molecule has 0 spiro atoms. The molecule has 1 saturated carbocycles. The van der Waals surface area contributed by atoms with E-state index < -0.39 is 15.4 Å². The number of carbonyl (C=O) groups excluding carboxylic acids is 1. The van der Waals surface area contributed by atoms with Gasteiger partial charge in [-0.05, 0) is 25.2 Å². The second-order valence-electron chi connectivity index (χ2n) is 5.19. The number of carbonyl (C=O) groups is 1. The molecule has 1 amide bonds. The fourth-order valence-corrected chi connectivity index (χ4v) is 2.89. The second kappa shape index (κ2) is 5.35. The Kier molecular flexibility index (Phi) is 4.55. The summed E-state index contributed by atoms with van der Waals surface area (Å²) in [5.41, 5.74) is 0. The van der Waals surface area contributed by atoms with Gasteiger partial charge in [0.05, 0.1) is 5.25 Å². The lowest BCUT2D eigenvalue weighted by atomic mass is 9.97. The van der Waals surface area contributed by atoms with E-state index in [-0.39, 0.29) is 23.8 Å². The Morgan fingerprint density at radius 2 is 1.88 bits per heavy atom. The molecule has 0 aliphatic heterocycles. The molecule has 1 aliphatic carbocycles. The highest BCUT2D eigenvalue weighted by molar-refractivity contribution is 7.86. The van der Waals surface area contributed by atoms with Crippen molar-refractivity contribution >= 4 is 16.0 Å². The van der Waals surface area contributed by atoms with Gasteiger partial charge in [-0.2, -0.15) is 8.42 Å². The van der Waals surface area contributed by atoms with Crippen molar-refractivity contribution in [1.82, 2.24) is 5.32 Å². The van der Waals surface area contributed by atoms with Crippen LogP contribution in [-0.2, 0) is 14.9 Å². The van der Waals surface area contributed by atoms with Crippen molar-refractivity contribution in [3.63, 3.8) is 0 Å². The topological polar surface area (TPSA) is 83.5 Å². The number of rotatable bonds is 4. The van der Waals surface area contributed by atoms with Gasteiger partial charge in [0.1, 0.15) is 0 Å². The fraction of sp³-hybridized carbons (Fsp3) is 0.909. The molecule has 100 valence electrons. The minimum Gasteiger partial charge on any atom is -0.353 e. The Bertz CT molecular complexity index is 377. The third-order valence-corrected chi connectivity index (χ3v) is 4.84. The highest BCUT2D eigenvalue weighted by Gasteiger charge is 2.34. The van der Waals surface area contributed by atoms with Crippen molar-refractivity contribution in [2.45, 2.75) is 51.3 Å². The summed E-state index contributed by atoms with van der Waals surface area (Å²) in [6.07, 6.45) is 1.34. The Labute approximate surface area is 103 Å². The van der Waals surface area contributed by atoms with Crippen LogP contribution >= 0.6 is 0 Å². The molecule has 6 heteroatoms. The zero-order chi connectivity index (χ0) is 13.2. The van der Waals surface area contributed by atoms with Gasteiger partial charge < -0.3 is 5.32 Å². The van der Waals surface area contributed by atoms with E-state index in [4.69, 9.17) is 4.55 Å². The van der Waals surface area contributed by atoms with Crippen molar-refractivity contribution in [2.24, 2.45) is 11.8 Å². The Morgan fingerprint density at radius 3 is 2.29 bits per heavy atom. The minimum atomic E-state index is -3.96. The molecule has 3 atom stereocenters. The first kappa shape index (κ1) is 14.4. The molecule has 0 aromatic carbocycles. The molecule has 1 aliphatic rings. The molecule has 0 aromatic heterocycles. The number of hydrogen-bond acceptors (Lipinski definition) is 3. The number of hydrogen-bond donors (Lipinski definition) is 2. The van der Waals surface area contributed by atoms with Crippen LogP contribution in [0.1, 0.15) is 40.0 Å². The van der Waals surface area contributed by atoms with Crippen LogP contribution < -0.4 is 5.32 Å². The normalized spacial score (nSPS) is 27.1. The molecule has 1 fully saturated rings. The summed E-state index contributed by atoms with van der Waals surface area (Å²) in [5, 5.41) is 2.13. The third kappa shape index (κ3) is 3.96. The molecular formula is C11H21NO4S. The highest BCUT2D eigenvalue weighted by atomic mass is 32.2. The summed E-state index contributed by atoms with van der Waals surface area (Å²) < 4.78 is 30.8. The van der Waals surface area contributed by atoms with E-state index in [0.29, 0.717) is 19.3 Å². The molecule has 1 rings (SSSR count). The van der Waals surface area contributed by atoms with Gasteiger partial charge >= 0.3 is 0 Å². The summed E-state index contributed by atoms with van der Waals surface area (Å²) in [7, 11) is -3.96. The summed E-state index contributed by atoms with van der Waals surface area (Å²) in [4.78, 5) is 11.8. The highest BCUT2D eigenvalue weighted by Crippen LogP contribution is 2.25. The molecule has 5 nitrogen and oxygen atoms in total. The van der Waals surface area contributed by atoms with Crippen LogP contribution in [0.5, 0.6) is 0 Å². The van der Waals surface area contributed by atoms with Gasteiger partial charge in [0.2, 0.25) is 5.91 Å². The molecule has 2 N–H and O–H groups in total. The van der Waals surface area contributed by atoms with Crippen LogP contribution in [-0.4, -0.2) is 30.2 Å². The molecule has 0 aromatic rings. The Morgan fingerprint density at radius 1 is 1.29 bits per heavy atom. The van der Waals surface area contributed by atoms with E-state index in [0.717, 1.165) is 0 Å². The van der Waals surface area contributed by atoms with E-state index in [1.807, 2.05) is 20.8 Å². The van der Waals surface area contributed by atoms with Crippen molar-refractivity contribution in [1.29, 1.82) is 0 Å². The Hall–Kier alpha value is -0.620. The molecule has 0 radical (unpaired) electrons. The van der Waals surface area contributed by atoms with E-state index in [2.05, 4.69) is 5.32 Å². The first-order valence-electron chi connectivity index (χ1n) is 5.98. The average molecular weight is 263 g/mol. The lowest BCUT2D eigenvalue weighted by molar-refractivity contribution is -0.126. The van der Waals surface area contributed by atoms with Crippen LogP contribution in [0.4, 0.5) is 0 Å². The summed E-state index contributed by atoms with van der Waals surface area (Å²) in [6, 6.07) is -0.129. The largest absolute Gasteiger partial charge is 0.353 e. The Balaban J connectivity index is 2.49. The average Bonchev–Trinajstić information content (AvgIpc) is 2.64. The van der Waals surface area contributed by atoms with Gasteiger partial charge in [0, 0.05) is 12.0 Å². The number of nitrogens with one attached hydrogen (secondary N) is 1. The third-order valence-electron chi connectivity index (χ3n) is 3.57. The van der Waals surface area contributed by atoms with Crippen LogP contribution in [0.2, 0.25) is 0 Å². The summed E-state index contributed by atoms with van der Waals surface area (Å²) in [6.45, 7) is 5.80. The van der Waals surface area contributed by atoms with Crippen molar-refractivity contribution in [2.75, 3.05) is 0 Å². The molecule has 0 heterocycles. The van der Waals surface area contributed by atoms with Gasteiger partial charge in [0.15, 0.2) is 0 Å². The maximum absolute atomic E-state index is 11.8. The van der Waals surface area contributed by atoms with E-state index in [1.165, 1.54) is 0 Å². The standard InChI is InChI=1S/C11H21NO4S/c1-7(2)8(3)11(13)12-9-4-5-10(6-9)17(14,15)16/h7-10H,4-6H2,1-3H3,(H,12,13)(H,14,15,16)/t8-,9?,10?/m0/s1. The fourth-order valence-electron chi connectivity index (χ4n) is 1.98. The van der Waals surface area contributed by atoms with E-state index >= 15 is 0 Å². The van der Waals surface area contributed by atoms with Crippen molar-refractivity contribution in [3.8, 4) is 0 Å². The summed E-state index contributed by atoms with van der Waals surface area (Å²) in [5.74, 6) is 0.134. The molecule has 2 unspecified atom stereocenters. The van der Waals surface area contributed by atoms with Crippen LogP contribution in [0.15, 0.2) is 0 Å². The lowest BCUT2D eigenvalue weighted by Gasteiger charge is -2.19. The van der Waals surface area contributed by atoms with Gasteiger partial charge in [-0.25, -0.2) is 0 Å². The predicted octanol–water partition coefficient (Wildman–Crippen LogP) is 1.20. The van der Waals surface area contributed by atoms with E-state index in [9.17, 15) is 13.2 Å². The van der Waals surface area contributed by atoms with E-state index in [1.54, 1.807) is 0 Å². The smallest absolute Gasteiger partial charge is 0.267 e. The zero-order valence-corrected chi connectivity index (χ0v) is 11.3. The quantitative estimate of drug-likeness (QED) is 0.747. The number of amides is 1. The van der Waals surface area contributed by atoms with Crippen molar-refractivity contribution in [3.05, 3.63) is 0 Å². The first-order valence-corrected chi connectivity index (χ1v) is 7.48. The first-order chi connectivity index (χ1) is 7.71.